The first-order chi connectivity index (χ1) is 11.8. The van der Waals surface area contributed by atoms with Crippen LogP contribution >= 0.6 is 0 Å². The number of nitrogens with zero attached hydrogens (tertiary/aromatic N) is 1. The van der Waals surface area contributed by atoms with Crippen LogP contribution < -0.4 is 4.57 Å². The maximum Gasteiger partial charge on any atom is 0.212 e. The molecule has 3 aromatic rings. The molecule has 0 bridgehead atoms. The summed E-state index contributed by atoms with van der Waals surface area (Å²) in [5, 5.41) is 0. The summed E-state index contributed by atoms with van der Waals surface area (Å²) in [5.74, 6) is 0. The topological polar surface area (TPSA) is 3.88 Å². The van der Waals surface area contributed by atoms with Crippen molar-refractivity contribution in [2.24, 2.45) is 7.05 Å². The van der Waals surface area contributed by atoms with Gasteiger partial charge < -0.3 is 0 Å². The molecule has 2 aromatic carbocycles. The third-order valence-electron chi connectivity index (χ3n) is 4.07. The number of benzene rings is 2. The minimum atomic E-state index is -2.08. The highest BCUT2D eigenvalue weighted by molar-refractivity contribution is 5.74. The zero-order chi connectivity index (χ0) is 18.2. The Morgan fingerprint density at radius 1 is 0.864 bits per heavy atom. The zero-order valence-corrected chi connectivity index (χ0v) is 13.2. The van der Waals surface area contributed by atoms with Gasteiger partial charge in [0.15, 0.2) is 6.20 Å². The Hall–Kier alpha value is -2.41. The van der Waals surface area contributed by atoms with Gasteiger partial charge in [-0.2, -0.15) is 0 Å². The molecule has 0 unspecified atom stereocenters. The summed E-state index contributed by atoms with van der Waals surface area (Å²) in [5.41, 5.74) is 7.28. The van der Waals surface area contributed by atoms with E-state index in [1.165, 1.54) is 22.3 Å². The van der Waals surface area contributed by atoms with Crippen molar-refractivity contribution in [3.63, 3.8) is 0 Å². The van der Waals surface area contributed by atoms with Crippen LogP contribution in [0.2, 0.25) is 0 Å². The van der Waals surface area contributed by atoms with Crippen LogP contribution in [0.1, 0.15) is 20.8 Å². The standard InChI is InChI=1S/C21H22N/c1-15-10-11-21(22(4)14-15)20-13-16(2)19(12-17(20)3)18-8-6-5-7-9-18/h5-14H,1-4H3/q+1/i1D3. The molecule has 1 heteroatoms. The summed E-state index contributed by atoms with van der Waals surface area (Å²) >= 11 is 0. The molecule has 0 fully saturated rings. The molecule has 0 spiro atoms. The van der Waals surface area contributed by atoms with Crippen LogP contribution in [-0.4, -0.2) is 0 Å². The van der Waals surface area contributed by atoms with Gasteiger partial charge in [0.05, 0.1) is 0 Å². The molecule has 22 heavy (non-hydrogen) atoms. The van der Waals surface area contributed by atoms with Gasteiger partial charge in [-0.1, -0.05) is 36.4 Å². The fourth-order valence-corrected chi connectivity index (χ4v) is 2.91. The summed E-state index contributed by atoms with van der Waals surface area (Å²) in [6.07, 6.45) is 1.70. The van der Waals surface area contributed by atoms with Crippen molar-refractivity contribution < 1.29 is 8.68 Å². The molecular weight excluding hydrogens is 266 g/mol. The van der Waals surface area contributed by atoms with E-state index in [1.54, 1.807) is 12.3 Å². The summed E-state index contributed by atoms with van der Waals surface area (Å²) in [4.78, 5) is 0. The lowest BCUT2D eigenvalue weighted by atomic mass is 9.93. The van der Waals surface area contributed by atoms with Gasteiger partial charge in [-0.15, -0.1) is 0 Å². The maximum absolute atomic E-state index is 7.56. The van der Waals surface area contributed by atoms with E-state index >= 15 is 0 Å². The molecule has 1 aromatic heterocycles. The Balaban J connectivity index is 2.09. The number of hydrogen-bond acceptors (Lipinski definition) is 0. The Kier molecular flexibility index (Phi) is 2.93. The summed E-state index contributed by atoms with van der Waals surface area (Å²) < 4.78 is 24.6. The SMILES string of the molecule is [2H]C([2H])([2H])c1ccc(-c2cc(C)c(-c3ccccc3)cc2C)[n+](C)c1. The van der Waals surface area contributed by atoms with Gasteiger partial charge in [-0.25, -0.2) is 4.57 Å². The quantitative estimate of drug-likeness (QED) is 0.599. The molecule has 0 N–H and O–H groups in total. The molecule has 0 aliphatic rings. The van der Waals surface area contributed by atoms with Crippen LogP contribution in [0.5, 0.6) is 0 Å². The molecule has 1 heterocycles. The first-order valence-corrected chi connectivity index (χ1v) is 7.44. The molecule has 0 aliphatic heterocycles. The maximum atomic E-state index is 7.56. The molecule has 0 amide bonds. The van der Waals surface area contributed by atoms with Crippen LogP contribution in [-0.2, 0) is 7.05 Å². The highest BCUT2D eigenvalue weighted by atomic mass is 14.9. The smallest absolute Gasteiger partial charge is 0.201 e. The van der Waals surface area contributed by atoms with Crippen molar-refractivity contribution in [1.29, 1.82) is 0 Å². The van der Waals surface area contributed by atoms with Gasteiger partial charge in [0, 0.05) is 21.3 Å². The lowest BCUT2D eigenvalue weighted by Crippen LogP contribution is -2.31. The first kappa shape index (κ1) is 11.2. The second kappa shape index (κ2) is 5.76. The highest BCUT2D eigenvalue weighted by Gasteiger charge is 2.14. The van der Waals surface area contributed by atoms with Gasteiger partial charge in [0.2, 0.25) is 5.69 Å². The van der Waals surface area contributed by atoms with Gasteiger partial charge in [-0.3, -0.25) is 0 Å². The van der Waals surface area contributed by atoms with E-state index in [4.69, 9.17) is 4.11 Å². The lowest BCUT2D eigenvalue weighted by molar-refractivity contribution is -0.660. The summed E-state index contributed by atoms with van der Waals surface area (Å²) in [6.45, 7) is 2.12. The second-order valence-corrected chi connectivity index (χ2v) is 5.76. The second-order valence-electron chi connectivity index (χ2n) is 5.76. The molecular formula is C21H22N+. The minimum absolute atomic E-state index is 0.356. The van der Waals surface area contributed by atoms with E-state index in [0.717, 1.165) is 11.3 Å². The molecule has 0 saturated heterocycles. The Morgan fingerprint density at radius 3 is 2.23 bits per heavy atom. The van der Waals surface area contributed by atoms with Gasteiger partial charge in [0.25, 0.3) is 0 Å². The van der Waals surface area contributed by atoms with Crippen molar-refractivity contribution in [3.8, 4) is 22.4 Å². The number of aryl methyl sites for hydroxylation is 4. The fraction of sp³-hybridized carbons (Fsp3) is 0.190. The Bertz CT molecular complexity index is 912. The third-order valence-corrected chi connectivity index (χ3v) is 4.07. The predicted molar refractivity (Wildman–Crippen MR) is 92.7 cm³/mol. The van der Waals surface area contributed by atoms with E-state index in [0.29, 0.717) is 5.56 Å². The van der Waals surface area contributed by atoms with Crippen molar-refractivity contribution in [3.05, 3.63) is 77.5 Å². The van der Waals surface area contributed by atoms with E-state index in [2.05, 4.69) is 38.1 Å². The van der Waals surface area contributed by atoms with E-state index < -0.39 is 6.85 Å². The Labute approximate surface area is 137 Å². The summed E-state index contributed by atoms with van der Waals surface area (Å²) in [7, 11) is 1.89. The van der Waals surface area contributed by atoms with E-state index in [1.807, 2.05) is 35.9 Å². The van der Waals surface area contributed by atoms with Gasteiger partial charge in [0.1, 0.15) is 7.05 Å². The van der Waals surface area contributed by atoms with Gasteiger partial charge >= 0.3 is 0 Å². The number of rotatable bonds is 2. The number of pyridine rings is 1. The predicted octanol–water partition coefficient (Wildman–Crippen LogP) is 4.77. The first-order valence-electron chi connectivity index (χ1n) is 8.94. The zero-order valence-electron chi connectivity index (χ0n) is 16.2. The van der Waals surface area contributed by atoms with Crippen molar-refractivity contribution in [2.45, 2.75) is 20.7 Å². The third kappa shape index (κ3) is 2.67. The van der Waals surface area contributed by atoms with Crippen molar-refractivity contribution in [1.82, 2.24) is 0 Å². The molecule has 110 valence electrons. The molecule has 0 aliphatic carbocycles. The largest absolute Gasteiger partial charge is 0.212 e. The van der Waals surface area contributed by atoms with Crippen molar-refractivity contribution in [2.75, 3.05) is 0 Å². The molecule has 3 rings (SSSR count). The number of aromatic nitrogens is 1. The molecule has 0 atom stereocenters. The monoisotopic (exact) mass is 291 g/mol. The fourth-order valence-electron chi connectivity index (χ4n) is 2.91. The van der Waals surface area contributed by atoms with Crippen LogP contribution in [0.25, 0.3) is 22.4 Å². The highest BCUT2D eigenvalue weighted by Crippen LogP contribution is 2.30. The molecule has 0 radical (unpaired) electrons. The summed E-state index contributed by atoms with van der Waals surface area (Å²) in [6, 6.07) is 18.3. The molecule has 1 nitrogen and oxygen atoms in total. The average Bonchev–Trinajstić information content (AvgIpc) is 2.57. The van der Waals surface area contributed by atoms with Crippen LogP contribution in [0, 0.1) is 20.7 Å². The van der Waals surface area contributed by atoms with E-state index in [-0.39, 0.29) is 0 Å². The van der Waals surface area contributed by atoms with Gasteiger partial charge in [-0.05, 0) is 55.1 Å². The lowest BCUT2D eigenvalue weighted by Gasteiger charge is -2.12. The minimum Gasteiger partial charge on any atom is -0.201 e. The van der Waals surface area contributed by atoms with E-state index in [9.17, 15) is 0 Å². The van der Waals surface area contributed by atoms with Crippen LogP contribution in [0.4, 0.5) is 0 Å². The number of hydrogen-bond donors (Lipinski definition) is 0. The average molecular weight is 291 g/mol. The molecule has 0 saturated carbocycles. The van der Waals surface area contributed by atoms with Crippen LogP contribution in [0.3, 0.4) is 0 Å². The van der Waals surface area contributed by atoms with Crippen LogP contribution in [0.15, 0.2) is 60.8 Å². The van der Waals surface area contributed by atoms with Crippen molar-refractivity contribution >= 4 is 0 Å². The Morgan fingerprint density at radius 2 is 1.55 bits per heavy atom. The normalized spacial score (nSPS) is 13.3.